The Hall–Kier alpha value is -1.80. The molecule has 2 aromatic heterocycles. The van der Waals surface area contributed by atoms with Gasteiger partial charge in [-0.1, -0.05) is 5.16 Å². The van der Waals surface area contributed by atoms with Crippen molar-refractivity contribution in [3.63, 3.8) is 0 Å². The van der Waals surface area contributed by atoms with Crippen molar-refractivity contribution >= 4 is 17.2 Å². The maximum atomic E-state index is 11.0. The molecule has 0 radical (unpaired) electrons. The van der Waals surface area contributed by atoms with Crippen molar-refractivity contribution in [1.82, 2.24) is 25.8 Å². The van der Waals surface area contributed by atoms with E-state index in [0.29, 0.717) is 24.7 Å². The van der Waals surface area contributed by atoms with Gasteiger partial charge in [0.2, 0.25) is 11.8 Å². The van der Waals surface area contributed by atoms with Crippen molar-refractivity contribution in [3.8, 4) is 0 Å². The molecule has 1 fully saturated rings. The number of piperazine rings is 1. The zero-order chi connectivity index (χ0) is 13.2. The molecule has 19 heavy (non-hydrogen) atoms. The third-order valence-electron chi connectivity index (χ3n) is 2.77. The minimum absolute atomic E-state index is 0.0192. The molecule has 0 spiro atoms. The predicted octanol–water partition coefficient (Wildman–Crippen LogP) is 0.186. The van der Waals surface area contributed by atoms with Crippen LogP contribution >= 0.6 is 11.3 Å². The molecule has 1 unspecified atom stereocenters. The number of hydrogen-bond donors (Lipinski definition) is 2. The van der Waals surface area contributed by atoms with Crippen LogP contribution in [-0.4, -0.2) is 34.1 Å². The minimum Gasteiger partial charge on any atom is -0.353 e. The fourth-order valence-corrected chi connectivity index (χ4v) is 2.61. The zero-order valence-corrected chi connectivity index (χ0v) is 11.2. The summed E-state index contributed by atoms with van der Waals surface area (Å²) in [6.07, 6.45) is 0.571. The number of hydrogen-bond acceptors (Lipinski definition) is 7. The van der Waals surface area contributed by atoms with E-state index in [0.717, 1.165) is 10.7 Å². The summed E-state index contributed by atoms with van der Waals surface area (Å²) in [7, 11) is 0. The number of aryl methyl sites for hydroxylation is 1. The smallest absolute Gasteiger partial charge is 0.245 e. The standard InChI is InChI=1S/C11H13N5O2S/c1-6-5-19-10(14-6)2-8-15-11(18-16-8)7-3-13-9(17)4-12-7/h5,7,12H,2-4H2,1H3,(H,13,17). The lowest BCUT2D eigenvalue weighted by molar-refractivity contribution is -0.121. The van der Waals surface area contributed by atoms with Crippen LogP contribution in [0, 0.1) is 6.92 Å². The van der Waals surface area contributed by atoms with E-state index < -0.39 is 0 Å². The van der Waals surface area contributed by atoms with Crippen molar-refractivity contribution in [2.24, 2.45) is 0 Å². The van der Waals surface area contributed by atoms with Gasteiger partial charge >= 0.3 is 0 Å². The molecule has 2 aromatic rings. The normalized spacial score (nSPS) is 19.4. The Morgan fingerprint density at radius 2 is 2.42 bits per heavy atom. The Morgan fingerprint density at radius 1 is 1.53 bits per heavy atom. The van der Waals surface area contributed by atoms with Gasteiger partial charge in [-0.05, 0) is 6.92 Å². The van der Waals surface area contributed by atoms with Crippen molar-refractivity contribution in [1.29, 1.82) is 0 Å². The van der Waals surface area contributed by atoms with Gasteiger partial charge in [-0.15, -0.1) is 11.3 Å². The average molecular weight is 279 g/mol. The summed E-state index contributed by atoms with van der Waals surface area (Å²) in [5.74, 6) is 1.10. The molecule has 3 heterocycles. The summed E-state index contributed by atoms with van der Waals surface area (Å²) in [6.45, 7) is 2.70. The van der Waals surface area contributed by atoms with Crippen LogP contribution in [0.5, 0.6) is 0 Å². The van der Waals surface area contributed by atoms with Gasteiger partial charge in [0, 0.05) is 17.6 Å². The maximum Gasteiger partial charge on any atom is 0.245 e. The predicted molar refractivity (Wildman–Crippen MR) is 67.7 cm³/mol. The van der Waals surface area contributed by atoms with E-state index in [9.17, 15) is 4.79 Å². The third-order valence-corrected chi connectivity index (χ3v) is 3.74. The second kappa shape index (κ2) is 5.06. The van der Waals surface area contributed by atoms with Crippen LogP contribution in [0.4, 0.5) is 0 Å². The lowest BCUT2D eigenvalue weighted by Gasteiger charge is -2.20. The molecule has 2 N–H and O–H groups in total. The van der Waals surface area contributed by atoms with Crippen LogP contribution in [0.15, 0.2) is 9.90 Å². The zero-order valence-electron chi connectivity index (χ0n) is 10.3. The second-order valence-electron chi connectivity index (χ2n) is 4.35. The fraction of sp³-hybridized carbons (Fsp3) is 0.455. The highest BCUT2D eigenvalue weighted by molar-refractivity contribution is 7.09. The number of aromatic nitrogens is 3. The van der Waals surface area contributed by atoms with Crippen LogP contribution < -0.4 is 10.6 Å². The number of nitrogens with one attached hydrogen (secondary N) is 2. The highest BCUT2D eigenvalue weighted by Crippen LogP contribution is 2.15. The highest BCUT2D eigenvalue weighted by atomic mass is 32.1. The van der Waals surface area contributed by atoms with Gasteiger partial charge < -0.3 is 9.84 Å². The van der Waals surface area contributed by atoms with Crippen LogP contribution in [0.25, 0.3) is 0 Å². The number of rotatable bonds is 3. The molecule has 1 aliphatic rings. The summed E-state index contributed by atoms with van der Waals surface area (Å²) < 4.78 is 5.22. The van der Waals surface area contributed by atoms with Gasteiger partial charge in [0.1, 0.15) is 11.0 Å². The molecular weight excluding hydrogens is 266 g/mol. The Kier molecular flexibility index (Phi) is 3.26. The lowest BCUT2D eigenvalue weighted by atomic mass is 10.2. The Balaban J connectivity index is 1.67. The molecule has 0 aliphatic carbocycles. The first-order valence-electron chi connectivity index (χ1n) is 5.94. The molecule has 0 saturated carbocycles. The van der Waals surface area contributed by atoms with Crippen molar-refractivity contribution < 1.29 is 9.32 Å². The minimum atomic E-state index is -0.114. The average Bonchev–Trinajstić information content (AvgIpc) is 3.00. The molecule has 1 saturated heterocycles. The van der Waals surface area contributed by atoms with Crippen LogP contribution in [0.3, 0.4) is 0 Å². The summed E-state index contributed by atoms with van der Waals surface area (Å²) in [6, 6.07) is -0.114. The first-order chi connectivity index (χ1) is 9.20. The van der Waals surface area contributed by atoms with Crippen molar-refractivity contribution in [3.05, 3.63) is 27.8 Å². The molecule has 0 bridgehead atoms. The van der Waals surface area contributed by atoms with Gasteiger partial charge in [0.25, 0.3) is 0 Å². The second-order valence-corrected chi connectivity index (χ2v) is 5.29. The van der Waals surface area contributed by atoms with Gasteiger partial charge in [0.15, 0.2) is 5.82 Å². The van der Waals surface area contributed by atoms with Crippen LogP contribution in [0.1, 0.15) is 28.5 Å². The largest absolute Gasteiger partial charge is 0.353 e. The molecule has 7 nitrogen and oxygen atoms in total. The van der Waals surface area contributed by atoms with E-state index in [-0.39, 0.29) is 18.5 Å². The Bertz CT molecular complexity index is 583. The van der Waals surface area contributed by atoms with Crippen LogP contribution in [-0.2, 0) is 11.2 Å². The van der Waals surface area contributed by atoms with E-state index >= 15 is 0 Å². The summed E-state index contributed by atoms with van der Waals surface area (Å²) in [4.78, 5) is 19.7. The number of nitrogens with zero attached hydrogens (tertiary/aromatic N) is 3. The monoisotopic (exact) mass is 279 g/mol. The first kappa shape index (κ1) is 12.2. The highest BCUT2D eigenvalue weighted by Gasteiger charge is 2.24. The Morgan fingerprint density at radius 3 is 3.11 bits per heavy atom. The molecule has 0 aromatic carbocycles. The van der Waals surface area contributed by atoms with E-state index in [1.807, 2.05) is 12.3 Å². The first-order valence-corrected chi connectivity index (χ1v) is 6.82. The third kappa shape index (κ3) is 2.79. The Labute approximate surface area is 113 Å². The number of thiazole rings is 1. The lowest BCUT2D eigenvalue weighted by Crippen LogP contribution is -2.47. The SMILES string of the molecule is Cc1csc(Cc2noc(C3CNC(=O)CN3)n2)n1. The van der Waals surface area contributed by atoms with Crippen molar-refractivity contribution in [2.75, 3.05) is 13.1 Å². The van der Waals surface area contributed by atoms with E-state index in [2.05, 4.69) is 25.8 Å². The molecular formula is C11H13N5O2S. The molecule has 1 aliphatic heterocycles. The molecule has 3 rings (SSSR count). The van der Waals surface area contributed by atoms with Gasteiger partial charge in [0.05, 0.1) is 13.0 Å². The topological polar surface area (TPSA) is 92.9 Å². The van der Waals surface area contributed by atoms with Gasteiger partial charge in [-0.25, -0.2) is 4.98 Å². The van der Waals surface area contributed by atoms with Gasteiger partial charge in [-0.2, -0.15) is 4.98 Å². The number of carbonyl (C=O) groups is 1. The molecule has 1 amide bonds. The van der Waals surface area contributed by atoms with Crippen LogP contribution in [0.2, 0.25) is 0 Å². The van der Waals surface area contributed by atoms with E-state index in [1.54, 1.807) is 11.3 Å². The number of amides is 1. The molecule has 8 heteroatoms. The summed E-state index contributed by atoms with van der Waals surface area (Å²) in [5, 5.41) is 12.7. The quantitative estimate of drug-likeness (QED) is 0.833. The summed E-state index contributed by atoms with van der Waals surface area (Å²) >= 11 is 1.58. The number of carbonyl (C=O) groups excluding carboxylic acids is 1. The van der Waals surface area contributed by atoms with Crippen molar-refractivity contribution in [2.45, 2.75) is 19.4 Å². The van der Waals surface area contributed by atoms with E-state index in [4.69, 9.17) is 4.52 Å². The summed E-state index contributed by atoms with van der Waals surface area (Å²) in [5.41, 5.74) is 1.00. The molecule has 1 atom stereocenters. The fourth-order valence-electron chi connectivity index (χ4n) is 1.84. The maximum absolute atomic E-state index is 11.0. The van der Waals surface area contributed by atoms with Gasteiger partial charge in [-0.3, -0.25) is 10.1 Å². The van der Waals surface area contributed by atoms with E-state index in [1.165, 1.54) is 0 Å². The molecule has 100 valence electrons.